The van der Waals surface area contributed by atoms with Crippen molar-refractivity contribution >= 4 is 37.2 Å². The van der Waals surface area contributed by atoms with Crippen LogP contribution >= 0.6 is 7.82 Å². The Morgan fingerprint density at radius 3 is 2.29 bits per heavy atom. The molecule has 51 heavy (non-hydrogen) atoms. The highest BCUT2D eigenvalue weighted by atomic mass is 31.2. The molecule has 1 aromatic carbocycles. The summed E-state index contributed by atoms with van der Waals surface area (Å²) in [5.74, 6) is -2.26. The highest BCUT2D eigenvalue weighted by molar-refractivity contribution is 7.46. The van der Waals surface area contributed by atoms with Gasteiger partial charge in [0.2, 0.25) is 11.8 Å². The summed E-state index contributed by atoms with van der Waals surface area (Å²) >= 11 is 0. The maximum Gasteiger partial charge on any atom is 0.471 e. The first-order chi connectivity index (χ1) is 24.1. The summed E-state index contributed by atoms with van der Waals surface area (Å²) in [4.78, 5) is 87.0. The van der Waals surface area contributed by atoms with Gasteiger partial charge in [0.15, 0.2) is 5.78 Å². The van der Waals surface area contributed by atoms with E-state index < -0.39 is 44.2 Å². The van der Waals surface area contributed by atoms with Crippen molar-refractivity contribution in [3.63, 3.8) is 0 Å². The number of esters is 1. The first-order valence-corrected chi connectivity index (χ1v) is 19.4. The standard InChI is InChI=1S/C37H56N3O10P/c1-6-8-10-16-35(43)40(26-49-51(46,47)48)33(23-29-17-19-31(20-18-29)50-37(45)30-15-13-22-39(5)25-30)34(42)24-32(27(3)7-2)36(44)38-21-12-9-11-14-28(4)41/h13,17-20,22,25,27,32-33H,6-12,14-16,21,23-24,26H2,1-5H3,(H,38,44)(H2,46,47,48). The molecule has 3 N–H and O–H groups in total. The molecular formula is C37H56N3O10P. The molecule has 2 rings (SSSR count). The van der Waals surface area contributed by atoms with Crippen LogP contribution in [0.3, 0.4) is 0 Å². The van der Waals surface area contributed by atoms with Gasteiger partial charge < -0.3 is 34.4 Å². The highest BCUT2D eigenvalue weighted by Gasteiger charge is 2.35. The zero-order chi connectivity index (χ0) is 38.0. The van der Waals surface area contributed by atoms with E-state index in [0.717, 1.165) is 30.6 Å². The van der Waals surface area contributed by atoms with Gasteiger partial charge in [0, 0.05) is 57.8 Å². The third-order valence-electron chi connectivity index (χ3n) is 8.88. The number of rotatable bonds is 24. The van der Waals surface area contributed by atoms with E-state index in [9.17, 15) is 38.3 Å². The largest absolute Gasteiger partial charge is 0.471 e. The SMILES string of the molecule is CCCCCC(=O)N(COP(=O)(O)O)C(Cc1ccc(OC(=O)C2=CN(C)C=CC2)cc1)C(=O)CC(C(=O)NCCCCCC(C)=O)C(C)CC. The van der Waals surface area contributed by atoms with Crippen molar-refractivity contribution in [2.24, 2.45) is 11.8 Å². The van der Waals surface area contributed by atoms with Gasteiger partial charge in [0.1, 0.15) is 18.3 Å². The number of hydrogen-bond acceptors (Lipinski definition) is 9. The minimum Gasteiger partial charge on any atom is -0.423 e. The van der Waals surface area contributed by atoms with Crippen molar-refractivity contribution in [1.29, 1.82) is 0 Å². The van der Waals surface area contributed by atoms with Crippen molar-refractivity contribution in [2.45, 2.75) is 111 Å². The minimum atomic E-state index is -5.02. The number of phosphoric ester groups is 1. The summed E-state index contributed by atoms with van der Waals surface area (Å²) in [6.45, 7) is 6.88. The Balaban J connectivity index is 2.35. The quantitative estimate of drug-likeness (QED) is 0.0396. The topological polar surface area (TPSA) is 180 Å². The van der Waals surface area contributed by atoms with Gasteiger partial charge in [-0.1, -0.05) is 64.7 Å². The number of nitrogens with zero attached hydrogens (tertiary/aromatic N) is 2. The van der Waals surface area contributed by atoms with Crippen LogP contribution in [0.1, 0.15) is 104 Å². The highest BCUT2D eigenvalue weighted by Crippen LogP contribution is 2.36. The van der Waals surface area contributed by atoms with E-state index in [1.807, 2.05) is 33.0 Å². The summed E-state index contributed by atoms with van der Waals surface area (Å²) in [5, 5.41) is 2.92. The van der Waals surface area contributed by atoms with Crippen LogP contribution in [0.2, 0.25) is 0 Å². The molecule has 0 fully saturated rings. The zero-order valence-electron chi connectivity index (χ0n) is 30.7. The molecule has 284 valence electrons. The lowest BCUT2D eigenvalue weighted by Crippen LogP contribution is -2.49. The Morgan fingerprint density at radius 1 is 1.00 bits per heavy atom. The van der Waals surface area contributed by atoms with Crippen LogP contribution in [0.4, 0.5) is 0 Å². The zero-order valence-corrected chi connectivity index (χ0v) is 31.6. The van der Waals surface area contributed by atoms with Crippen molar-refractivity contribution in [2.75, 3.05) is 20.3 Å². The maximum atomic E-state index is 14.2. The number of Topliss-reactive ketones (excluding diaryl/α,β-unsaturated/α-hetero) is 2. The molecule has 0 spiro atoms. The number of phosphoric acid groups is 1. The number of unbranched alkanes of at least 4 members (excludes halogenated alkanes) is 4. The monoisotopic (exact) mass is 733 g/mol. The number of carbonyl (C=O) groups excluding carboxylic acids is 5. The number of nitrogens with one attached hydrogen (secondary N) is 1. The molecule has 1 aromatic rings. The molecule has 0 radical (unpaired) electrons. The van der Waals surface area contributed by atoms with E-state index in [-0.39, 0.29) is 42.6 Å². The summed E-state index contributed by atoms with van der Waals surface area (Å²) in [5.41, 5.74) is 1.07. The molecule has 14 heteroatoms. The van der Waals surface area contributed by atoms with Gasteiger partial charge in [-0.25, -0.2) is 9.36 Å². The second kappa shape index (κ2) is 22.3. The van der Waals surface area contributed by atoms with Crippen molar-refractivity contribution in [1.82, 2.24) is 15.1 Å². The second-order valence-electron chi connectivity index (χ2n) is 13.2. The Kier molecular flexibility index (Phi) is 19.1. The van der Waals surface area contributed by atoms with Crippen LogP contribution in [-0.2, 0) is 39.5 Å². The van der Waals surface area contributed by atoms with E-state index in [4.69, 9.17) is 9.26 Å². The van der Waals surface area contributed by atoms with E-state index in [1.165, 1.54) is 0 Å². The Labute approximate surface area is 302 Å². The molecule has 2 amide bonds. The van der Waals surface area contributed by atoms with E-state index in [1.54, 1.807) is 49.3 Å². The lowest BCUT2D eigenvalue weighted by atomic mass is 9.84. The number of benzene rings is 1. The van der Waals surface area contributed by atoms with E-state index >= 15 is 0 Å². The van der Waals surface area contributed by atoms with Gasteiger partial charge in [-0.2, -0.15) is 0 Å². The third kappa shape index (κ3) is 16.5. The summed E-state index contributed by atoms with van der Waals surface area (Å²) in [6.07, 6.45) is 10.9. The van der Waals surface area contributed by atoms with Gasteiger partial charge in [-0.3, -0.25) is 18.9 Å². The molecular weight excluding hydrogens is 677 g/mol. The minimum absolute atomic E-state index is 0.0379. The molecule has 0 saturated carbocycles. The summed E-state index contributed by atoms with van der Waals surface area (Å²) < 4.78 is 22.1. The van der Waals surface area contributed by atoms with Gasteiger partial charge >= 0.3 is 13.8 Å². The number of ketones is 2. The second-order valence-corrected chi connectivity index (χ2v) is 14.4. The molecule has 0 aromatic heterocycles. The molecule has 13 nitrogen and oxygen atoms in total. The predicted molar refractivity (Wildman–Crippen MR) is 193 cm³/mol. The fourth-order valence-corrected chi connectivity index (χ4v) is 5.94. The van der Waals surface area contributed by atoms with Crippen molar-refractivity contribution < 1.29 is 47.6 Å². The number of carbonyl (C=O) groups is 5. The molecule has 0 aliphatic carbocycles. The Hall–Kier alpha value is -3.64. The smallest absolute Gasteiger partial charge is 0.423 e. The number of ether oxygens (including phenoxy) is 1. The molecule has 0 bridgehead atoms. The summed E-state index contributed by atoms with van der Waals surface area (Å²) in [7, 11) is -3.22. The molecule has 1 aliphatic rings. The predicted octanol–water partition coefficient (Wildman–Crippen LogP) is 5.60. The van der Waals surface area contributed by atoms with E-state index in [0.29, 0.717) is 49.8 Å². The average Bonchev–Trinajstić information content (AvgIpc) is 3.07. The summed E-state index contributed by atoms with van der Waals surface area (Å²) in [6, 6.07) is 5.24. The van der Waals surface area contributed by atoms with Gasteiger partial charge in [-0.05, 0) is 56.0 Å². The number of hydrogen-bond donors (Lipinski definition) is 3. The first kappa shape index (κ1) is 43.5. The molecule has 3 unspecified atom stereocenters. The van der Waals surface area contributed by atoms with Crippen LogP contribution < -0.4 is 10.1 Å². The number of allylic oxidation sites excluding steroid dienone is 1. The third-order valence-corrected chi connectivity index (χ3v) is 9.34. The van der Waals surface area contributed by atoms with Gasteiger partial charge in [-0.15, -0.1) is 0 Å². The molecule has 3 atom stereocenters. The van der Waals surface area contributed by atoms with Crippen molar-refractivity contribution in [3.8, 4) is 5.75 Å². The average molecular weight is 734 g/mol. The normalized spacial score (nSPS) is 14.6. The van der Waals surface area contributed by atoms with Gasteiger partial charge in [0.25, 0.3) is 0 Å². The number of amides is 2. The maximum absolute atomic E-state index is 14.2. The van der Waals surface area contributed by atoms with Crippen molar-refractivity contribution in [3.05, 3.63) is 53.9 Å². The van der Waals surface area contributed by atoms with Crippen LogP contribution in [0.25, 0.3) is 0 Å². The van der Waals surface area contributed by atoms with Crippen LogP contribution in [-0.4, -0.2) is 75.3 Å². The lowest BCUT2D eigenvalue weighted by molar-refractivity contribution is -0.144. The first-order valence-electron chi connectivity index (χ1n) is 17.8. The molecule has 1 aliphatic heterocycles. The Morgan fingerprint density at radius 2 is 1.69 bits per heavy atom. The fraction of sp³-hybridized carbons (Fsp3) is 0.595. The van der Waals surface area contributed by atoms with Crippen LogP contribution in [0, 0.1) is 11.8 Å². The van der Waals surface area contributed by atoms with Gasteiger partial charge in [0.05, 0.1) is 11.6 Å². The fourth-order valence-electron chi connectivity index (χ4n) is 5.66. The lowest BCUT2D eigenvalue weighted by Gasteiger charge is -2.32. The molecule has 1 heterocycles. The molecule has 0 saturated heterocycles. The van der Waals surface area contributed by atoms with E-state index in [2.05, 4.69) is 5.32 Å². The van der Waals surface area contributed by atoms with Crippen LogP contribution in [0.15, 0.2) is 48.3 Å². The van der Waals surface area contributed by atoms with Crippen LogP contribution in [0.5, 0.6) is 5.75 Å². The Bertz CT molecular complexity index is 1420.